The summed E-state index contributed by atoms with van der Waals surface area (Å²) in [5.74, 6) is 0.895. The molecule has 2 aromatic heterocycles. The number of aromatic nitrogens is 3. The minimum Gasteiger partial charge on any atom is -0.370 e. The van der Waals surface area contributed by atoms with Crippen molar-refractivity contribution in [1.82, 2.24) is 15.0 Å². The lowest BCUT2D eigenvalue weighted by atomic mass is 10.1. The number of anilines is 1. The van der Waals surface area contributed by atoms with E-state index < -0.39 is 0 Å². The van der Waals surface area contributed by atoms with Gasteiger partial charge in [0.15, 0.2) is 0 Å². The zero-order valence-corrected chi connectivity index (χ0v) is 10.7. The second-order valence-electron chi connectivity index (χ2n) is 4.25. The predicted octanol–water partition coefficient (Wildman–Crippen LogP) is 3.12. The molecule has 19 heavy (non-hydrogen) atoms. The van der Waals surface area contributed by atoms with Crippen LogP contribution in [-0.2, 0) is 0 Å². The minimum absolute atomic E-state index is 0.863. The molecule has 4 heteroatoms. The van der Waals surface area contributed by atoms with E-state index in [1.807, 2.05) is 12.3 Å². The Morgan fingerprint density at radius 3 is 2.74 bits per heavy atom. The molecule has 1 N–H and O–H groups in total. The van der Waals surface area contributed by atoms with Gasteiger partial charge >= 0.3 is 0 Å². The highest BCUT2D eigenvalue weighted by molar-refractivity contribution is 5.87. The molecule has 3 rings (SSSR count). The molecule has 94 valence electrons. The Balaban J connectivity index is 2.08. The zero-order valence-electron chi connectivity index (χ0n) is 10.7. The molecular weight excluding hydrogens is 236 g/mol. The van der Waals surface area contributed by atoms with Crippen LogP contribution < -0.4 is 5.32 Å². The van der Waals surface area contributed by atoms with Crippen LogP contribution >= 0.6 is 0 Å². The van der Waals surface area contributed by atoms with Crippen molar-refractivity contribution in [3.05, 3.63) is 49.1 Å². The molecule has 0 spiro atoms. The van der Waals surface area contributed by atoms with E-state index >= 15 is 0 Å². The van der Waals surface area contributed by atoms with E-state index in [4.69, 9.17) is 0 Å². The molecular formula is C15H14N4. The standard InChI is InChI=1S/C15H14N4/c1-2-17-15-8-13-7-11(3-4-12(13)9-19-15)14-10-16-5-6-18-14/h3-10H,2H2,1H3,(H,17,19). The Morgan fingerprint density at radius 2 is 1.95 bits per heavy atom. The maximum absolute atomic E-state index is 4.36. The van der Waals surface area contributed by atoms with Gasteiger partial charge in [-0.3, -0.25) is 9.97 Å². The summed E-state index contributed by atoms with van der Waals surface area (Å²) in [6, 6.07) is 8.27. The summed E-state index contributed by atoms with van der Waals surface area (Å²) in [4.78, 5) is 12.8. The number of nitrogens with one attached hydrogen (secondary N) is 1. The SMILES string of the molecule is CCNc1cc2cc(-c3cnccn3)ccc2cn1. The fourth-order valence-electron chi connectivity index (χ4n) is 2.03. The maximum Gasteiger partial charge on any atom is 0.126 e. The first kappa shape index (κ1) is 11.6. The second-order valence-corrected chi connectivity index (χ2v) is 4.25. The largest absolute Gasteiger partial charge is 0.370 e. The monoisotopic (exact) mass is 250 g/mol. The molecule has 0 aliphatic carbocycles. The molecule has 0 fully saturated rings. The fraction of sp³-hybridized carbons (Fsp3) is 0.133. The highest BCUT2D eigenvalue weighted by Gasteiger charge is 2.02. The van der Waals surface area contributed by atoms with Crippen LogP contribution in [0.15, 0.2) is 49.1 Å². The van der Waals surface area contributed by atoms with Crippen molar-refractivity contribution in [2.45, 2.75) is 6.92 Å². The Hall–Kier alpha value is -2.49. The molecule has 0 saturated carbocycles. The molecule has 0 amide bonds. The van der Waals surface area contributed by atoms with Gasteiger partial charge in [0, 0.05) is 36.1 Å². The summed E-state index contributed by atoms with van der Waals surface area (Å²) in [6.07, 6.45) is 7.04. The summed E-state index contributed by atoms with van der Waals surface area (Å²) in [7, 11) is 0. The van der Waals surface area contributed by atoms with Gasteiger partial charge in [0.2, 0.25) is 0 Å². The molecule has 0 bridgehead atoms. The van der Waals surface area contributed by atoms with Crippen molar-refractivity contribution in [3.63, 3.8) is 0 Å². The van der Waals surface area contributed by atoms with E-state index in [-0.39, 0.29) is 0 Å². The van der Waals surface area contributed by atoms with Crippen molar-refractivity contribution in [3.8, 4) is 11.3 Å². The van der Waals surface area contributed by atoms with Crippen LogP contribution in [0.2, 0.25) is 0 Å². The molecule has 1 aromatic carbocycles. The average molecular weight is 250 g/mol. The van der Waals surface area contributed by atoms with E-state index in [2.05, 4.69) is 45.4 Å². The summed E-state index contributed by atoms with van der Waals surface area (Å²) in [5.41, 5.74) is 1.94. The first-order chi connectivity index (χ1) is 9.36. The number of fused-ring (bicyclic) bond motifs is 1. The number of benzene rings is 1. The van der Waals surface area contributed by atoms with Gasteiger partial charge in [-0.15, -0.1) is 0 Å². The summed E-state index contributed by atoms with van der Waals surface area (Å²) < 4.78 is 0. The summed E-state index contributed by atoms with van der Waals surface area (Å²) in [6.45, 7) is 2.92. The van der Waals surface area contributed by atoms with Gasteiger partial charge in [-0.1, -0.05) is 12.1 Å². The number of hydrogen-bond donors (Lipinski definition) is 1. The van der Waals surface area contributed by atoms with Gasteiger partial charge in [-0.25, -0.2) is 4.98 Å². The minimum atomic E-state index is 0.863. The molecule has 3 aromatic rings. The Labute approximate surface area is 111 Å². The van der Waals surface area contributed by atoms with Crippen LogP contribution in [0, 0.1) is 0 Å². The zero-order chi connectivity index (χ0) is 13.1. The normalized spacial score (nSPS) is 10.6. The van der Waals surface area contributed by atoms with Gasteiger partial charge in [0.1, 0.15) is 5.82 Å². The van der Waals surface area contributed by atoms with Gasteiger partial charge in [0.05, 0.1) is 11.9 Å². The van der Waals surface area contributed by atoms with Crippen molar-refractivity contribution in [2.24, 2.45) is 0 Å². The van der Waals surface area contributed by atoms with Crippen LogP contribution in [0.5, 0.6) is 0 Å². The van der Waals surface area contributed by atoms with Gasteiger partial charge in [0.25, 0.3) is 0 Å². The van der Waals surface area contributed by atoms with Crippen molar-refractivity contribution >= 4 is 16.6 Å². The van der Waals surface area contributed by atoms with E-state index in [1.54, 1.807) is 18.6 Å². The molecule has 4 nitrogen and oxygen atoms in total. The number of hydrogen-bond acceptors (Lipinski definition) is 4. The Kier molecular flexibility index (Phi) is 3.06. The third kappa shape index (κ3) is 2.38. The lowest BCUT2D eigenvalue weighted by Gasteiger charge is -2.06. The van der Waals surface area contributed by atoms with Crippen LogP contribution in [0.4, 0.5) is 5.82 Å². The third-order valence-electron chi connectivity index (χ3n) is 2.94. The van der Waals surface area contributed by atoms with Gasteiger partial charge in [-0.2, -0.15) is 0 Å². The average Bonchev–Trinajstić information content (AvgIpc) is 2.48. The lowest BCUT2D eigenvalue weighted by Crippen LogP contribution is -1.98. The van der Waals surface area contributed by atoms with E-state index in [1.165, 1.54) is 0 Å². The third-order valence-corrected chi connectivity index (χ3v) is 2.94. The van der Waals surface area contributed by atoms with Gasteiger partial charge < -0.3 is 5.32 Å². The Bertz CT molecular complexity index is 695. The number of nitrogens with zero attached hydrogens (tertiary/aromatic N) is 3. The van der Waals surface area contributed by atoms with Gasteiger partial charge in [-0.05, 0) is 24.4 Å². The number of pyridine rings is 1. The van der Waals surface area contributed by atoms with Crippen LogP contribution in [0.1, 0.15) is 6.92 Å². The second kappa shape index (κ2) is 5.02. The maximum atomic E-state index is 4.36. The topological polar surface area (TPSA) is 50.7 Å². The molecule has 2 heterocycles. The van der Waals surface area contributed by atoms with Crippen LogP contribution in [0.3, 0.4) is 0 Å². The van der Waals surface area contributed by atoms with E-state index in [0.717, 1.165) is 34.4 Å². The van der Waals surface area contributed by atoms with E-state index in [0.29, 0.717) is 0 Å². The quantitative estimate of drug-likeness (QED) is 0.776. The lowest BCUT2D eigenvalue weighted by molar-refractivity contribution is 1.17. The fourth-order valence-corrected chi connectivity index (χ4v) is 2.03. The summed E-state index contributed by atoms with van der Waals surface area (Å²) in [5, 5.41) is 5.49. The number of rotatable bonds is 3. The first-order valence-electron chi connectivity index (χ1n) is 6.27. The molecule has 0 saturated heterocycles. The molecule has 0 atom stereocenters. The van der Waals surface area contributed by atoms with Crippen molar-refractivity contribution in [1.29, 1.82) is 0 Å². The van der Waals surface area contributed by atoms with E-state index in [9.17, 15) is 0 Å². The van der Waals surface area contributed by atoms with Crippen LogP contribution in [0.25, 0.3) is 22.0 Å². The summed E-state index contributed by atoms with van der Waals surface area (Å²) >= 11 is 0. The molecule has 0 aliphatic rings. The molecule has 0 radical (unpaired) electrons. The first-order valence-corrected chi connectivity index (χ1v) is 6.27. The molecule has 0 aliphatic heterocycles. The van der Waals surface area contributed by atoms with Crippen LogP contribution in [-0.4, -0.2) is 21.5 Å². The smallest absolute Gasteiger partial charge is 0.126 e. The highest BCUT2D eigenvalue weighted by atomic mass is 15.0. The Morgan fingerprint density at radius 1 is 1.00 bits per heavy atom. The highest BCUT2D eigenvalue weighted by Crippen LogP contribution is 2.23. The predicted molar refractivity (Wildman–Crippen MR) is 76.9 cm³/mol. The van der Waals surface area contributed by atoms with Crippen molar-refractivity contribution < 1.29 is 0 Å². The van der Waals surface area contributed by atoms with Crippen molar-refractivity contribution in [2.75, 3.05) is 11.9 Å². The molecule has 0 unspecified atom stereocenters.